The van der Waals surface area contributed by atoms with E-state index in [1.165, 1.54) is 31.3 Å². The van der Waals surface area contributed by atoms with Crippen molar-refractivity contribution in [2.75, 3.05) is 13.6 Å². The van der Waals surface area contributed by atoms with Crippen molar-refractivity contribution in [1.29, 1.82) is 0 Å². The first kappa shape index (κ1) is 15.6. The summed E-state index contributed by atoms with van der Waals surface area (Å²) in [6, 6.07) is 5.45. The molecule has 0 heterocycles. The Bertz CT molecular complexity index is 553. The Kier molecular flexibility index (Phi) is 5.04. The summed E-state index contributed by atoms with van der Waals surface area (Å²) in [7, 11) is -2.51. The molecule has 7 heteroatoms. The zero-order valence-corrected chi connectivity index (χ0v) is 11.6. The highest BCUT2D eigenvalue weighted by Crippen LogP contribution is 2.19. The zero-order chi connectivity index (χ0) is 14.6. The Hall–Kier alpha value is -1.44. The molecule has 1 aromatic rings. The van der Waals surface area contributed by atoms with Gasteiger partial charge in [0.25, 0.3) is 0 Å². The summed E-state index contributed by atoms with van der Waals surface area (Å²) >= 11 is 0. The number of nitrogens with zero attached hydrogens (tertiary/aromatic N) is 1. The molecule has 0 spiro atoms. The average Bonchev–Trinajstić information content (AvgIpc) is 2.35. The van der Waals surface area contributed by atoms with Crippen molar-refractivity contribution in [3.8, 4) is 0 Å². The fraction of sp³-hybridized carbons (Fsp3) is 0.417. The number of benzene rings is 1. The van der Waals surface area contributed by atoms with Crippen molar-refractivity contribution in [3.63, 3.8) is 0 Å². The molecular weight excluding hydrogens is 270 g/mol. The fourth-order valence-electron chi connectivity index (χ4n) is 1.52. The van der Waals surface area contributed by atoms with Gasteiger partial charge < -0.3 is 10.2 Å². The minimum Gasteiger partial charge on any atom is -0.478 e. The number of aliphatic hydroxyl groups excluding tert-OH is 1. The van der Waals surface area contributed by atoms with Crippen LogP contribution in [0.1, 0.15) is 23.7 Å². The second-order valence-electron chi connectivity index (χ2n) is 4.27. The van der Waals surface area contributed by atoms with Crippen molar-refractivity contribution in [3.05, 3.63) is 29.8 Å². The highest BCUT2D eigenvalue weighted by atomic mass is 32.2. The molecule has 2 N–H and O–H groups in total. The van der Waals surface area contributed by atoms with Crippen LogP contribution in [-0.2, 0) is 10.0 Å². The Morgan fingerprint density at radius 1 is 1.37 bits per heavy atom. The molecular formula is C12H17NO5S. The Labute approximate surface area is 112 Å². The van der Waals surface area contributed by atoms with E-state index in [4.69, 9.17) is 10.2 Å². The largest absolute Gasteiger partial charge is 0.478 e. The predicted octanol–water partition coefficient (Wildman–Crippen LogP) is 0.776. The van der Waals surface area contributed by atoms with Gasteiger partial charge in [-0.25, -0.2) is 17.5 Å². The lowest BCUT2D eigenvalue weighted by molar-refractivity contribution is 0.0692. The zero-order valence-electron chi connectivity index (χ0n) is 10.8. The van der Waals surface area contributed by atoms with Crippen LogP contribution in [0.3, 0.4) is 0 Å². The van der Waals surface area contributed by atoms with Crippen molar-refractivity contribution in [1.82, 2.24) is 4.31 Å². The van der Waals surface area contributed by atoms with Gasteiger partial charge >= 0.3 is 5.97 Å². The second kappa shape index (κ2) is 6.14. The number of carboxylic acids is 1. The highest BCUT2D eigenvalue weighted by Gasteiger charge is 2.26. The Morgan fingerprint density at radius 2 is 1.95 bits per heavy atom. The standard InChI is InChI=1S/C12H17NO5S/c1-9(14)7-8-13(2)19(17,18)11-6-4-3-5-10(11)12(15)16/h3-6,9,14H,7-8H2,1-2H3,(H,15,16). The summed E-state index contributed by atoms with van der Waals surface area (Å²) in [4.78, 5) is 10.8. The molecule has 1 rings (SSSR count). The molecule has 0 saturated heterocycles. The van der Waals surface area contributed by atoms with Crippen LogP contribution in [0.2, 0.25) is 0 Å². The number of sulfonamides is 1. The number of hydrogen-bond donors (Lipinski definition) is 2. The monoisotopic (exact) mass is 287 g/mol. The quantitative estimate of drug-likeness (QED) is 0.806. The van der Waals surface area contributed by atoms with Gasteiger partial charge in [-0.2, -0.15) is 0 Å². The fourth-order valence-corrected chi connectivity index (χ4v) is 2.89. The topological polar surface area (TPSA) is 94.9 Å². The van der Waals surface area contributed by atoms with Gasteiger partial charge in [-0.3, -0.25) is 0 Å². The number of hydrogen-bond acceptors (Lipinski definition) is 4. The summed E-state index contributed by atoms with van der Waals surface area (Å²) in [5.41, 5.74) is -0.258. The summed E-state index contributed by atoms with van der Waals surface area (Å²) in [5, 5.41) is 18.2. The average molecular weight is 287 g/mol. The lowest BCUT2D eigenvalue weighted by Gasteiger charge is -2.19. The minimum atomic E-state index is -3.87. The molecule has 106 valence electrons. The van der Waals surface area contributed by atoms with Crippen LogP contribution in [0, 0.1) is 0 Å². The Balaban J connectivity index is 3.10. The maximum absolute atomic E-state index is 12.3. The van der Waals surface area contributed by atoms with Crippen molar-refractivity contribution < 1.29 is 23.4 Å². The van der Waals surface area contributed by atoms with Crippen LogP contribution in [0.15, 0.2) is 29.2 Å². The third-order valence-corrected chi connectivity index (χ3v) is 4.58. The van der Waals surface area contributed by atoms with E-state index < -0.39 is 22.1 Å². The number of carboxylic acid groups (broad SMARTS) is 1. The third kappa shape index (κ3) is 3.76. The number of aliphatic hydroxyl groups is 1. The van der Waals surface area contributed by atoms with E-state index in [2.05, 4.69) is 0 Å². The van der Waals surface area contributed by atoms with Crippen LogP contribution in [0.5, 0.6) is 0 Å². The first-order valence-corrected chi connectivity index (χ1v) is 7.17. The molecule has 1 atom stereocenters. The van der Waals surface area contributed by atoms with Crippen LogP contribution < -0.4 is 0 Å². The molecule has 6 nitrogen and oxygen atoms in total. The van der Waals surface area contributed by atoms with Crippen molar-refractivity contribution in [2.45, 2.75) is 24.3 Å². The Morgan fingerprint density at radius 3 is 2.47 bits per heavy atom. The van der Waals surface area contributed by atoms with E-state index in [1.54, 1.807) is 6.92 Å². The van der Waals surface area contributed by atoms with Crippen LogP contribution in [-0.4, -0.2) is 48.6 Å². The van der Waals surface area contributed by atoms with E-state index in [0.29, 0.717) is 0 Å². The van der Waals surface area contributed by atoms with Gasteiger partial charge in [0.2, 0.25) is 10.0 Å². The molecule has 0 saturated carbocycles. The molecule has 1 aromatic carbocycles. The molecule has 0 aromatic heterocycles. The van der Waals surface area contributed by atoms with E-state index in [-0.39, 0.29) is 23.4 Å². The maximum atomic E-state index is 12.3. The molecule has 0 bridgehead atoms. The van der Waals surface area contributed by atoms with Gasteiger partial charge in [0.05, 0.1) is 16.6 Å². The lowest BCUT2D eigenvalue weighted by atomic mass is 10.2. The smallest absolute Gasteiger partial charge is 0.337 e. The summed E-state index contributed by atoms with van der Waals surface area (Å²) in [6.45, 7) is 1.68. The van der Waals surface area contributed by atoms with Crippen LogP contribution >= 0.6 is 0 Å². The first-order valence-electron chi connectivity index (χ1n) is 5.73. The predicted molar refractivity (Wildman–Crippen MR) is 69.5 cm³/mol. The minimum absolute atomic E-state index is 0.119. The molecule has 0 amide bonds. The van der Waals surface area contributed by atoms with E-state index in [0.717, 1.165) is 4.31 Å². The normalized spacial score (nSPS) is 13.5. The second-order valence-corrected chi connectivity index (χ2v) is 6.28. The van der Waals surface area contributed by atoms with E-state index >= 15 is 0 Å². The molecule has 0 aliphatic rings. The van der Waals surface area contributed by atoms with Crippen LogP contribution in [0.4, 0.5) is 0 Å². The number of aromatic carboxylic acids is 1. The number of carbonyl (C=O) groups is 1. The lowest BCUT2D eigenvalue weighted by Crippen LogP contribution is -2.30. The van der Waals surface area contributed by atoms with Gasteiger partial charge in [0.15, 0.2) is 0 Å². The summed E-state index contributed by atoms with van der Waals surface area (Å²) < 4.78 is 25.5. The maximum Gasteiger partial charge on any atom is 0.337 e. The molecule has 0 aliphatic carbocycles. The van der Waals surface area contributed by atoms with E-state index in [1.807, 2.05) is 0 Å². The first-order chi connectivity index (χ1) is 8.76. The van der Waals surface area contributed by atoms with Gasteiger partial charge in [-0.1, -0.05) is 12.1 Å². The van der Waals surface area contributed by atoms with Gasteiger partial charge in [0.1, 0.15) is 0 Å². The molecule has 0 aliphatic heterocycles. The van der Waals surface area contributed by atoms with Crippen molar-refractivity contribution >= 4 is 16.0 Å². The van der Waals surface area contributed by atoms with Crippen molar-refractivity contribution in [2.24, 2.45) is 0 Å². The summed E-state index contributed by atoms with van der Waals surface area (Å²) in [6.07, 6.45) is -0.335. The molecule has 19 heavy (non-hydrogen) atoms. The van der Waals surface area contributed by atoms with Gasteiger partial charge in [-0.15, -0.1) is 0 Å². The van der Waals surface area contributed by atoms with Crippen LogP contribution in [0.25, 0.3) is 0 Å². The molecule has 0 radical (unpaired) electrons. The van der Waals surface area contributed by atoms with E-state index in [9.17, 15) is 13.2 Å². The highest BCUT2D eigenvalue weighted by molar-refractivity contribution is 7.89. The molecule has 0 fully saturated rings. The number of rotatable bonds is 6. The molecule has 1 unspecified atom stereocenters. The van der Waals surface area contributed by atoms with Gasteiger partial charge in [-0.05, 0) is 25.5 Å². The third-order valence-electron chi connectivity index (χ3n) is 2.67. The summed E-state index contributed by atoms with van der Waals surface area (Å²) in [5.74, 6) is -1.29. The SMILES string of the molecule is CC(O)CCN(C)S(=O)(=O)c1ccccc1C(=O)O. The van der Waals surface area contributed by atoms with Gasteiger partial charge in [0, 0.05) is 13.6 Å².